The molecule has 0 atom stereocenters. The first-order valence-corrected chi connectivity index (χ1v) is 9.05. The van der Waals surface area contributed by atoms with E-state index in [0.717, 1.165) is 35.4 Å². The average molecular weight is 344 g/mol. The molecule has 3 aliphatic rings. The highest BCUT2D eigenvalue weighted by Gasteiger charge is 2.42. The van der Waals surface area contributed by atoms with E-state index in [1.54, 1.807) is 19.9 Å². The molecule has 2 bridgehead atoms. The fraction of sp³-hybridized carbons (Fsp3) is 0.500. The van der Waals surface area contributed by atoms with E-state index < -0.39 is 5.97 Å². The number of ether oxygens (including phenoxy) is 1. The van der Waals surface area contributed by atoms with Crippen molar-refractivity contribution in [3.63, 3.8) is 0 Å². The molecular weight excluding hydrogens is 319 g/mol. The second-order valence-corrected chi connectivity index (χ2v) is 6.50. The van der Waals surface area contributed by atoms with Crippen LogP contribution in [0.25, 0.3) is 11.3 Å². The zero-order valence-corrected chi connectivity index (χ0v) is 15.5. The van der Waals surface area contributed by atoms with Gasteiger partial charge < -0.3 is 9.30 Å². The maximum Gasteiger partial charge on any atom is 0.374 e. The summed E-state index contributed by atoms with van der Waals surface area (Å²) in [4.78, 5) is 16.7. The summed E-state index contributed by atoms with van der Waals surface area (Å²) < 4.78 is 21.0. The van der Waals surface area contributed by atoms with Gasteiger partial charge in [0.25, 0.3) is 0 Å². The second-order valence-electron chi connectivity index (χ2n) is 6.50. The molecule has 134 valence electrons. The molecule has 5 rings (SSSR count). The van der Waals surface area contributed by atoms with Crippen LogP contribution in [0.1, 0.15) is 72.9 Å². The molecule has 0 spiro atoms. The van der Waals surface area contributed by atoms with E-state index in [9.17, 15) is 9.18 Å². The Labute approximate surface area is 148 Å². The third-order valence-electron chi connectivity index (χ3n) is 5.15. The van der Waals surface area contributed by atoms with Crippen LogP contribution in [0.5, 0.6) is 0 Å². The van der Waals surface area contributed by atoms with E-state index in [1.807, 2.05) is 31.5 Å². The van der Waals surface area contributed by atoms with Gasteiger partial charge in [-0.1, -0.05) is 13.8 Å². The van der Waals surface area contributed by atoms with Gasteiger partial charge in [-0.15, -0.1) is 0 Å². The van der Waals surface area contributed by atoms with Crippen LogP contribution in [-0.2, 0) is 11.8 Å². The monoisotopic (exact) mass is 344 g/mol. The lowest BCUT2D eigenvalue weighted by Crippen LogP contribution is -2.22. The smallest absolute Gasteiger partial charge is 0.374 e. The first kappa shape index (κ1) is 17.6. The summed E-state index contributed by atoms with van der Waals surface area (Å²) >= 11 is 0. The minimum Gasteiger partial charge on any atom is -0.460 e. The highest BCUT2D eigenvalue weighted by atomic mass is 19.1. The number of aryl methyl sites for hydroxylation is 1. The van der Waals surface area contributed by atoms with Crippen LogP contribution in [0.15, 0.2) is 12.1 Å². The minimum absolute atomic E-state index is 0.169. The summed E-state index contributed by atoms with van der Waals surface area (Å²) in [6.07, 6.45) is 1.98. The van der Waals surface area contributed by atoms with Crippen molar-refractivity contribution in [2.45, 2.75) is 52.4 Å². The van der Waals surface area contributed by atoms with Crippen molar-refractivity contribution >= 4 is 5.97 Å². The summed E-state index contributed by atoms with van der Waals surface area (Å²) in [7, 11) is 1.87. The lowest BCUT2D eigenvalue weighted by Gasteiger charge is -2.34. The van der Waals surface area contributed by atoms with Gasteiger partial charge in [-0.2, -0.15) is 0 Å². The van der Waals surface area contributed by atoms with Crippen molar-refractivity contribution in [2.24, 2.45) is 7.05 Å². The van der Waals surface area contributed by atoms with Crippen LogP contribution < -0.4 is 0 Å². The molecule has 4 nitrogen and oxygen atoms in total. The first-order chi connectivity index (χ1) is 12.0. The van der Waals surface area contributed by atoms with Gasteiger partial charge in [0.05, 0.1) is 12.3 Å². The largest absolute Gasteiger partial charge is 0.460 e. The molecule has 1 aromatic heterocycles. The van der Waals surface area contributed by atoms with E-state index in [2.05, 4.69) is 4.98 Å². The van der Waals surface area contributed by atoms with E-state index in [4.69, 9.17) is 4.74 Å². The maximum absolute atomic E-state index is 14.0. The molecular formula is C20H25FN2O2. The SMILES string of the molecule is CC.CCOC(=O)c1nc2c(n1C)C1CC(C1)c1cc(F)c(C)cc1-2. The number of carbonyl (C=O) groups excluding carboxylic acids is 1. The first-order valence-electron chi connectivity index (χ1n) is 9.05. The van der Waals surface area contributed by atoms with Crippen molar-refractivity contribution < 1.29 is 13.9 Å². The topological polar surface area (TPSA) is 44.1 Å². The molecule has 0 radical (unpaired) electrons. The van der Waals surface area contributed by atoms with Gasteiger partial charge in [0.1, 0.15) is 5.82 Å². The zero-order valence-electron chi connectivity index (χ0n) is 15.5. The van der Waals surface area contributed by atoms with E-state index in [-0.39, 0.29) is 5.82 Å². The predicted molar refractivity (Wildman–Crippen MR) is 95.4 cm³/mol. The Morgan fingerprint density at radius 3 is 2.64 bits per heavy atom. The molecule has 25 heavy (non-hydrogen) atoms. The predicted octanol–water partition coefficient (Wildman–Crippen LogP) is 4.71. The molecule has 2 aromatic rings. The molecule has 1 fully saturated rings. The van der Waals surface area contributed by atoms with Gasteiger partial charge in [-0.25, -0.2) is 14.2 Å². The van der Waals surface area contributed by atoms with Gasteiger partial charge >= 0.3 is 5.97 Å². The fourth-order valence-corrected chi connectivity index (χ4v) is 3.89. The minimum atomic E-state index is -0.403. The van der Waals surface area contributed by atoms with E-state index in [0.29, 0.717) is 29.8 Å². The van der Waals surface area contributed by atoms with Gasteiger partial charge in [-0.3, -0.25) is 0 Å². The van der Waals surface area contributed by atoms with Gasteiger partial charge in [-0.05, 0) is 55.9 Å². The highest BCUT2D eigenvalue weighted by Crippen LogP contribution is 2.55. The molecule has 5 heteroatoms. The number of halogens is 1. The lowest BCUT2D eigenvalue weighted by molar-refractivity contribution is 0.0507. The summed E-state index contributed by atoms with van der Waals surface area (Å²) in [5.41, 5.74) is 4.50. The molecule has 0 N–H and O–H groups in total. The van der Waals surface area contributed by atoms with Crippen molar-refractivity contribution in [3.8, 4) is 11.3 Å². The van der Waals surface area contributed by atoms with Crippen LogP contribution in [0.3, 0.4) is 0 Å². The van der Waals surface area contributed by atoms with Gasteiger partial charge in [0.2, 0.25) is 5.82 Å². The Morgan fingerprint density at radius 1 is 1.32 bits per heavy atom. The Balaban J connectivity index is 0.000000880. The summed E-state index contributed by atoms with van der Waals surface area (Å²) in [6, 6.07) is 3.52. The summed E-state index contributed by atoms with van der Waals surface area (Å²) in [5, 5.41) is 0. The number of hydrogen-bond donors (Lipinski definition) is 0. The molecule has 0 unspecified atom stereocenters. The number of imidazole rings is 1. The number of hydrogen-bond acceptors (Lipinski definition) is 3. The quantitative estimate of drug-likeness (QED) is 0.741. The molecule has 0 aliphatic heterocycles. The third-order valence-corrected chi connectivity index (χ3v) is 5.15. The average Bonchev–Trinajstić information content (AvgIpc) is 2.76. The number of benzene rings is 1. The summed E-state index contributed by atoms with van der Waals surface area (Å²) in [5.74, 6) is 0.531. The van der Waals surface area contributed by atoms with Crippen molar-refractivity contribution in [3.05, 3.63) is 40.6 Å². The van der Waals surface area contributed by atoms with Crippen molar-refractivity contribution in [2.75, 3.05) is 6.61 Å². The Morgan fingerprint density at radius 2 is 2.00 bits per heavy atom. The Kier molecular flexibility index (Phi) is 4.67. The number of carbonyl (C=O) groups is 1. The summed E-state index contributed by atoms with van der Waals surface area (Å²) in [6.45, 7) is 7.87. The molecule has 0 saturated heterocycles. The van der Waals surface area contributed by atoms with Crippen LogP contribution in [0.2, 0.25) is 0 Å². The number of esters is 1. The molecule has 1 saturated carbocycles. The molecule has 1 heterocycles. The number of aromatic nitrogens is 2. The van der Waals surface area contributed by atoms with Crippen molar-refractivity contribution in [1.29, 1.82) is 0 Å². The zero-order chi connectivity index (χ0) is 18.3. The molecule has 1 aromatic carbocycles. The molecule has 3 aliphatic carbocycles. The third kappa shape index (κ3) is 2.66. The highest BCUT2D eigenvalue weighted by molar-refractivity contribution is 5.88. The van der Waals surface area contributed by atoms with E-state index >= 15 is 0 Å². The number of nitrogens with zero attached hydrogens (tertiary/aromatic N) is 2. The Bertz CT molecular complexity index is 820. The van der Waals surface area contributed by atoms with Crippen LogP contribution in [0.4, 0.5) is 4.39 Å². The van der Waals surface area contributed by atoms with Crippen LogP contribution in [-0.4, -0.2) is 22.1 Å². The lowest BCUT2D eigenvalue weighted by atomic mass is 9.71. The maximum atomic E-state index is 14.0. The molecule has 0 amide bonds. The standard InChI is InChI=1S/C18H19FN2O2.C2H6/c1-4-23-18(22)17-20-15-13-5-9(2)14(19)8-12(13)10-6-11(7-10)16(15)21(17)3;1-2/h5,8,10-11H,4,6-7H2,1-3H3;1-2H3. The van der Waals surface area contributed by atoms with Crippen LogP contribution in [0, 0.1) is 12.7 Å². The second kappa shape index (κ2) is 6.62. The number of rotatable bonds is 2. The Hall–Kier alpha value is -2.17. The van der Waals surface area contributed by atoms with Gasteiger partial charge in [0, 0.05) is 24.2 Å². The van der Waals surface area contributed by atoms with Gasteiger partial charge in [0.15, 0.2) is 0 Å². The van der Waals surface area contributed by atoms with E-state index in [1.165, 1.54) is 0 Å². The van der Waals surface area contributed by atoms with Crippen molar-refractivity contribution in [1.82, 2.24) is 9.55 Å². The van der Waals surface area contributed by atoms with Crippen LogP contribution >= 0.6 is 0 Å². The fourth-order valence-electron chi connectivity index (χ4n) is 3.89. The normalized spacial score (nSPS) is 19.6.